The number of nitrogens with one attached hydrogen (secondary N) is 1. The Morgan fingerprint density at radius 1 is 1.25 bits per heavy atom. The van der Waals surface area contributed by atoms with Gasteiger partial charge in [0.15, 0.2) is 0 Å². The number of anilines is 2. The van der Waals surface area contributed by atoms with Crippen molar-refractivity contribution < 1.29 is 13.2 Å². The summed E-state index contributed by atoms with van der Waals surface area (Å²) in [6, 6.07) is 5.54. The van der Waals surface area contributed by atoms with E-state index >= 15 is 0 Å². The highest BCUT2D eigenvalue weighted by molar-refractivity contribution is 7.92. The molecule has 3 rings (SSSR count). The van der Waals surface area contributed by atoms with Crippen molar-refractivity contribution in [1.29, 1.82) is 0 Å². The molecule has 5 nitrogen and oxygen atoms in total. The predicted molar refractivity (Wildman–Crippen MR) is 96.7 cm³/mol. The largest absolute Gasteiger partial charge is 0.326 e. The van der Waals surface area contributed by atoms with E-state index in [-0.39, 0.29) is 11.8 Å². The van der Waals surface area contributed by atoms with E-state index in [2.05, 4.69) is 5.32 Å². The molecule has 132 valence electrons. The van der Waals surface area contributed by atoms with Gasteiger partial charge in [-0.05, 0) is 55.4 Å². The number of hydrogen-bond acceptors (Lipinski definition) is 3. The first kappa shape index (κ1) is 17.3. The molecule has 1 atom stereocenters. The summed E-state index contributed by atoms with van der Waals surface area (Å²) < 4.78 is 25.3. The lowest BCUT2D eigenvalue weighted by Crippen LogP contribution is -2.34. The van der Waals surface area contributed by atoms with E-state index < -0.39 is 10.0 Å². The van der Waals surface area contributed by atoms with Crippen LogP contribution in [-0.4, -0.2) is 27.1 Å². The zero-order valence-corrected chi connectivity index (χ0v) is 15.2. The van der Waals surface area contributed by atoms with Crippen molar-refractivity contribution in [3.8, 4) is 0 Å². The van der Waals surface area contributed by atoms with Crippen molar-refractivity contribution in [3.05, 3.63) is 23.8 Å². The Hall–Kier alpha value is -1.56. The van der Waals surface area contributed by atoms with Crippen LogP contribution in [0.25, 0.3) is 0 Å². The maximum absolute atomic E-state index is 12.5. The standard InChI is InChI=1S/C18H26N2O3S/c1-13(14-6-3-4-7-14)18(21)19-16-9-10-17-15(12-16)8-5-11-20(17)24(2,22)23/h9-10,12-14H,3-8,11H2,1-2H3,(H,19,21). The van der Waals surface area contributed by atoms with Crippen LogP contribution in [0.5, 0.6) is 0 Å². The first-order chi connectivity index (χ1) is 11.4. The van der Waals surface area contributed by atoms with Gasteiger partial charge in [-0.3, -0.25) is 9.10 Å². The molecule has 6 heteroatoms. The number of fused-ring (bicyclic) bond motifs is 1. The van der Waals surface area contributed by atoms with E-state index in [1.165, 1.54) is 23.4 Å². The molecule has 1 heterocycles. The summed E-state index contributed by atoms with van der Waals surface area (Å²) >= 11 is 0. The van der Waals surface area contributed by atoms with Crippen molar-refractivity contribution in [1.82, 2.24) is 0 Å². The average molecular weight is 350 g/mol. The number of aryl methyl sites for hydroxylation is 1. The summed E-state index contributed by atoms with van der Waals surface area (Å²) in [4.78, 5) is 12.5. The normalized spacial score (nSPS) is 19.8. The second-order valence-corrected chi connectivity index (χ2v) is 9.01. The molecule has 24 heavy (non-hydrogen) atoms. The van der Waals surface area contributed by atoms with Crippen molar-refractivity contribution in [2.45, 2.75) is 45.4 Å². The lowest BCUT2D eigenvalue weighted by molar-refractivity contribution is -0.120. The summed E-state index contributed by atoms with van der Waals surface area (Å²) in [5.41, 5.74) is 2.49. The fourth-order valence-electron chi connectivity index (χ4n) is 3.91. The molecule has 1 aliphatic carbocycles. The molecule has 0 radical (unpaired) electrons. The number of carbonyl (C=O) groups is 1. The molecule has 1 aromatic carbocycles. The molecule has 0 aromatic heterocycles. The molecule has 0 saturated heterocycles. The Morgan fingerprint density at radius 2 is 1.96 bits per heavy atom. The summed E-state index contributed by atoms with van der Waals surface area (Å²) in [6.45, 7) is 2.53. The zero-order valence-electron chi connectivity index (χ0n) is 14.4. The summed E-state index contributed by atoms with van der Waals surface area (Å²) in [5, 5.41) is 3.02. The van der Waals surface area contributed by atoms with E-state index in [1.807, 2.05) is 25.1 Å². The number of carbonyl (C=O) groups excluding carboxylic acids is 1. The van der Waals surface area contributed by atoms with Gasteiger partial charge in [0, 0.05) is 18.2 Å². The summed E-state index contributed by atoms with van der Waals surface area (Å²) in [7, 11) is -3.25. The maximum Gasteiger partial charge on any atom is 0.232 e. The van der Waals surface area contributed by atoms with Crippen LogP contribution in [0.4, 0.5) is 11.4 Å². The Balaban J connectivity index is 1.75. The molecule has 0 spiro atoms. The van der Waals surface area contributed by atoms with Gasteiger partial charge in [-0.1, -0.05) is 19.8 Å². The van der Waals surface area contributed by atoms with Crippen LogP contribution >= 0.6 is 0 Å². The number of sulfonamides is 1. The van der Waals surface area contributed by atoms with Gasteiger partial charge in [-0.15, -0.1) is 0 Å². The fraction of sp³-hybridized carbons (Fsp3) is 0.611. The molecule has 1 unspecified atom stereocenters. The van der Waals surface area contributed by atoms with Crippen LogP contribution in [-0.2, 0) is 21.2 Å². The number of amides is 1. The van der Waals surface area contributed by atoms with Gasteiger partial charge in [-0.2, -0.15) is 0 Å². The minimum atomic E-state index is -3.25. The van der Waals surface area contributed by atoms with Gasteiger partial charge in [0.1, 0.15) is 0 Å². The number of rotatable bonds is 4. The molecule has 1 N–H and O–H groups in total. The first-order valence-electron chi connectivity index (χ1n) is 8.78. The third kappa shape index (κ3) is 3.58. The van der Waals surface area contributed by atoms with Gasteiger partial charge in [-0.25, -0.2) is 8.42 Å². The van der Waals surface area contributed by atoms with Crippen LogP contribution < -0.4 is 9.62 Å². The van der Waals surface area contributed by atoms with Crippen LogP contribution in [0.2, 0.25) is 0 Å². The van der Waals surface area contributed by atoms with E-state index in [0.29, 0.717) is 12.5 Å². The summed E-state index contributed by atoms with van der Waals surface area (Å²) in [6.07, 6.45) is 7.61. The minimum absolute atomic E-state index is 0.0241. The Kier molecular flexibility index (Phi) is 4.85. The van der Waals surface area contributed by atoms with Gasteiger partial charge < -0.3 is 5.32 Å². The van der Waals surface area contributed by atoms with Gasteiger partial charge in [0.2, 0.25) is 15.9 Å². The first-order valence-corrected chi connectivity index (χ1v) is 10.6. The molecule has 1 amide bonds. The highest BCUT2D eigenvalue weighted by Crippen LogP contribution is 2.33. The van der Waals surface area contributed by atoms with Crippen LogP contribution in [0, 0.1) is 11.8 Å². The number of benzene rings is 1. The van der Waals surface area contributed by atoms with E-state index in [4.69, 9.17) is 0 Å². The fourth-order valence-corrected chi connectivity index (χ4v) is 4.91. The van der Waals surface area contributed by atoms with Crippen molar-refractivity contribution >= 4 is 27.3 Å². The molecule has 2 aliphatic rings. The molecule has 1 aliphatic heterocycles. The molecule has 1 aromatic rings. The van der Waals surface area contributed by atoms with E-state index in [0.717, 1.165) is 42.6 Å². The quantitative estimate of drug-likeness (QED) is 0.907. The Morgan fingerprint density at radius 3 is 2.62 bits per heavy atom. The molecular formula is C18H26N2O3S. The van der Waals surface area contributed by atoms with Crippen LogP contribution in [0.1, 0.15) is 44.6 Å². The molecule has 1 fully saturated rings. The van der Waals surface area contributed by atoms with Crippen LogP contribution in [0.15, 0.2) is 18.2 Å². The Bertz CT molecular complexity index is 724. The maximum atomic E-state index is 12.5. The number of nitrogens with zero attached hydrogens (tertiary/aromatic N) is 1. The predicted octanol–water partition coefficient (Wildman–Crippen LogP) is 3.16. The average Bonchev–Trinajstić information content (AvgIpc) is 3.06. The minimum Gasteiger partial charge on any atom is -0.326 e. The second kappa shape index (κ2) is 6.75. The SMILES string of the molecule is CC(C(=O)Nc1ccc2c(c1)CCCN2S(C)(=O)=O)C1CCCC1. The summed E-state index contributed by atoms with van der Waals surface area (Å²) in [5.74, 6) is 0.581. The van der Waals surface area contributed by atoms with Gasteiger partial charge >= 0.3 is 0 Å². The van der Waals surface area contributed by atoms with Crippen molar-refractivity contribution in [2.24, 2.45) is 11.8 Å². The van der Waals surface area contributed by atoms with Crippen molar-refractivity contribution in [2.75, 3.05) is 22.4 Å². The van der Waals surface area contributed by atoms with Gasteiger partial charge in [0.05, 0.1) is 11.9 Å². The van der Waals surface area contributed by atoms with E-state index in [1.54, 1.807) is 0 Å². The topological polar surface area (TPSA) is 66.5 Å². The molecular weight excluding hydrogens is 324 g/mol. The third-order valence-electron chi connectivity index (χ3n) is 5.34. The van der Waals surface area contributed by atoms with Crippen molar-refractivity contribution in [3.63, 3.8) is 0 Å². The second-order valence-electron chi connectivity index (χ2n) is 7.10. The zero-order chi connectivity index (χ0) is 17.3. The molecule has 1 saturated carbocycles. The molecule has 0 bridgehead atoms. The van der Waals surface area contributed by atoms with E-state index in [9.17, 15) is 13.2 Å². The Labute approximate surface area is 144 Å². The lowest BCUT2D eigenvalue weighted by atomic mass is 9.92. The third-order valence-corrected chi connectivity index (χ3v) is 6.52. The monoisotopic (exact) mass is 350 g/mol. The smallest absolute Gasteiger partial charge is 0.232 e. The highest BCUT2D eigenvalue weighted by atomic mass is 32.2. The lowest BCUT2D eigenvalue weighted by Gasteiger charge is -2.29. The number of hydrogen-bond donors (Lipinski definition) is 1. The van der Waals surface area contributed by atoms with Crippen LogP contribution in [0.3, 0.4) is 0 Å². The van der Waals surface area contributed by atoms with Gasteiger partial charge in [0.25, 0.3) is 0 Å². The highest BCUT2D eigenvalue weighted by Gasteiger charge is 2.28.